The van der Waals surface area contributed by atoms with E-state index in [-0.39, 0.29) is 17.3 Å². The van der Waals surface area contributed by atoms with Crippen LogP contribution in [0.1, 0.15) is 11.4 Å². The van der Waals surface area contributed by atoms with Gasteiger partial charge in [-0.15, -0.1) is 0 Å². The fourth-order valence-corrected chi connectivity index (χ4v) is 2.09. The Morgan fingerprint density at radius 2 is 2.00 bits per heavy atom. The lowest BCUT2D eigenvalue weighted by Crippen LogP contribution is -2.15. The van der Waals surface area contributed by atoms with Crippen molar-refractivity contribution in [2.24, 2.45) is 0 Å². The maximum absolute atomic E-state index is 9.36. The maximum Gasteiger partial charge on any atom is 0.230 e. The fourth-order valence-electron chi connectivity index (χ4n) is 1.62. The van der Waals surface area contributed by atoms with Gasteiger partial charge >= 0.3 is 0 Å². The maximum atomic E-state index is 9.36. The van der Waals surface area contributed by atoms with E-state index in [1.165, 1.54) is 0 Å². The number of benzene rings is 1. The fraction of sp³-hybridized carbons (Fsp3) is 0.143. The average Bonchev–Trinajstić information content (AvgIpc) is 2.45. The highest BCUT2D eigenvalue weighted by molar-refractivity contribution is 6.35. The minimum atomic E-state index is 0.0389. The molecule has 0 radical (unpaired) electrons. The van der Waals surface area contributed by atoms with Crippen LogP contribution in [0.3, 0.4) is 0 Å². The van der Waals surface area contributed by atoms with Crippen molar-refractivity contribution in [3.63, 3.8) is 0 Å². The summed E-state index contributed by atoms with van der Waals surface area (Å²) in [6.45, 7) is 0. The van der Waals surface area contributed by atoms with E-state index in [9.17, 15) is 5.26 Å². The monoisotopic (exact) mass is 334 g/mol. The number of halogens is 2. The third kappa shape index (κ3) is 3.64. The van der Waals surface area contributed by atoms with Crippen LogP contribution in [-0.2, 0) is 0 Å². The van der Waals surface area contributed by atoms with Gasteiger partial charge in [0.1, 0.15) is 6.07 Å². The standard InChI is InChI=1S/C14H12Cl2N6/c1-22(2)14-20-12(19-13(18)21-14)9(7-17)5-8-3-4-10(15)6-11(8)16/h3-6H,1-2H3,(H2,18,19,20,21). The van der Waals surface area contributed by atoms with Gasteiger partial charge in [-0.2, -0.15) is 20.2 Å². The van der Waals surface area contributed by atoms with Crippen molar-refractivity contribution in [1.29, 1.82) is 5.26 Å². The molecule has 0 aliphatic carbocycles. The number of rotatable bonds is 3. The van der Waals surface area contributed by atoms with Crippen LogP contribution in [-0.4, -0.2) is 29.0 Å². The van der Waals surface area contributed by atoms with Crippen molar-refractivity contribution in [3.05, 3.63) is 39.6 Å². The van der Waals surface area contributed by atoms with Crippen LogP contribution < -0.4 is 10.6 Å². The van der Waals surface area contributed by atoms with Gasteiger partial charge in [-0.05, 0) is 23.8 Å². The number of hydrogen-bond acceptors (Lipinski definition) is 6. The number of aromatic nitrogens is 3. The molecule has 0 saturated carbocycles. The first-order chi connectivity index (χ1) is 10.4. The zero-order valence-electron chi connectivity index (χ0n) is 11.9. The van der Waals surface area contributed by atoms with Gasteiger partial charge < -0.3 is 10.6 Å². The molecule has 0 aliphatic heterocycles. The van der Waals surface area contributed by atoms with E-state index in [0.29, 0.717) is 21.6 Å². The SMILES string of the molecule is CN(C)c1nc(N)nc(C(C#N)=Cc2ccc(Cl)cc2Cl)n1. The first-order valence-electron chi connectivity index (χ1n) is 6.17. The Labute approximate surface area is 137 Å². The predicted octanol–water partition coefficient (Wildman–Crippen LogP) is 2.89. The first kappa shape index (κ1) is 16.0. The average molecular weight is 335 g/mol. The molecule has 0 unspecified atom stereocenters. The smallest absolute Gasteiger partial charge is 0.230 e. The minimum absolute atomic E-state index is 0.0389. The number of nitrogen functional groups attached to an aromatic ring is 1. The summed E-state index contributed by atoms with van der Waals surface area (Å²) in [4.78, 5) is 13.9. The number of nitrogens with zero attached hydrogens (tertiary/aromatic N) is 5. The van der Waals surface area contributed by atoms with Crippen molar-refractivity contribution in [1.82, 2.24) is 15.0 Å². The summed E-state index contributed by atoms with van der Waals surface area (Å²) in [6.07, 6.45) is 1.58. The summed E-state index contributed by atoms with van der Waals surface area (Å²) >= 11 is 12.0. The first-order valence-corrected chi connectivity index (χ1v) is 6.92. The zero-order chi connectivity index (χ0) is 16.3. The second-order valence-electron chi connectivity index (χ2n) is 4.55. The van der Waals surface area contributed by atoms with Crippen LogP contribution in [0.25, 0.3) is 11.6 Å². The summed E-state index contributed by atoms with van der Waals surface area (Å²) in [5.74, 6) is 0.590. The highest BCUT2D eigenvalue weighted by Gasteiger charge is 2.11. The number of anilines is 2. The molecule has 2 N–H and O–H groups in total. The predicted molar refractivity (Wildman–Crippen MR) is 88.5 cm³/mol. The van der Waals surface area contributed by atoms with Crippen molar-refractivity contribution < 1.29 is 0 Å². The zero-order valence-corrected chi connectivity index (χ0v) is 13.4. The Balaban J connectivity index is 2.53. The normalized spacial score (nSPS) is 11.1. The summed E-state index contributed by atoms with van der Waals surface area (Å²) < 4.78 is 0. The van der Waals surface area contributed by atoms with E-state index in [4.69, 9.17) is 28.9 Å². The number of nitriles is 1. The highest BCUT2D eigenvalue weighted by atomic mass is 35.5. The van der Waals surface area contributed by atoms with Gasteiger partial charge in [0, 0.05) is 24.1 Å². The van der Waals surface area contributed by atoms with E-state index >= 15 is 0 Å². The van der Waals surface area contributed by atoms with E-state index in [0.717, 1.165) is 0 Å². The van der Waals surface area contributed by atoms with Crippen LogP contribution >= 0.6 is 23.2 Å². The third-order valence-electron chi connectivity index (χ3n) is 2.66. The summed E-state index contributed by atoms with van der Waals surface area (Å²) in [6, 6.07) is 7.03. The molecule has 112 valence electrons. The van der Waals surface area contributed by atoms with Crippen molar-refractivity contribution >= 4 is 46.7 Å². The molecule has 2 rings (SSSR count). The van der Waals surface area contributed by atoms with E-state index in [1.807, 2.05) is 6.07 Å². The van der Waals surface area contributed by atoms with Crippen molar-refractivity contribution in [3.8, 4) is 6.07 Å². The topological polar surface area (TPSA) is 91.7 Å². The molecule has 0 atom stereocenters. The van der Waals surface area contributed by atoms with Crippen LogP contribution in [0.15, 0.2) is 18.2 Å². The van der Waals surface area contributed by atoms with E-state index < -0.39 is 0 Å². The van der Waals surface area contributed by atoms with Gasteiger partial charge in [0.25, 0.3) is 0 Å². The van der Waals surface area contributed by atoms with Crippen LogP contribution in [0.5, 0.6) is 0 Å². The quantitative estimate of drug-likeness (QED) is 0.867. The number of nitrogens with two attached hydrogens (primary N) is 1. The molecule has 1 aromatic carbocycles. The molecule has 8 heteroatoms. The molecule has 0 fully saturated rings. The van der Waals surface area contributed by atoms with Crippen LogP contribution in [0.2, 0.25) is 10.0 Å². The molecule has 1 aromatic heterocycles. The van der Waals surface area contributed by atoms with Crippen LogP contribution in [0.4, 0.5) is 11.9 Å². The molecule has 0 saturated heterocycles. The Morgan fingerprint density at radius 1 is 1.27 bits per heavy atom. The molecule has 1 heterocycles. The molecule has 22 heavy (non-hydrogen) atoms. The molecule has 0 aliphatic rings. The summed E-state index contributed by atoms with van der Waals surface area (Å²) in [5, 5.41) is 10.3. The van der Waals surface area contributed by atoms with Gasteiger partial charge in [-0.1, -0.05) is 29.3 Å². The van der Waals surface area contributed by atoms with Crippen molar-refractivity contribution in [2.75, 3.05) is 24.7 Å². The van der Waals surface area contributed by atoms with Gasteiger partial charge in [0.15, 0.2) is 5.82 Å². The molecule has 0 amide bonds. The minimum Gasteiger partial charge on any atom is -0.368 e. The van der Waals surface area contributed by atoms with Gasteiger partial charge in [0.05, 0.1) is 5.57 Å². The lowest BCUT2D eigenvalue weighted by Gasteiger charge is -2.11. The Hall–Kier alpha value is -2.36. The summed E-state index contributed by atoms with van der Waals surface area (Å²) in [7, 11) is 3.54. The van der Waals surface area contributed by atoms with Gasteiger partial charge in [-0.25, -0.2) is 0 Å². The molecular formula is C14H12Cl2N6. The molecule has 6 nitrogen and oxygen atoms in total. The molecule has 0 bridgehead atoms. The Morgan fingerprint density at radius 3 is 2.59 bits per heavy atom. The Kier molecular flexibility index (Phi) is 4.81. The Bertz CT molecular complexity index is 779. The lowest BCUT2D eigenvalue weighted by atomic mass is 10.1. The summed E-state index contributed by atoms with van der Waals surface area (Å²) in [5.41, 5.74) is 6.52. The van der Waals surface area contributed by atoms with Crippen LogP contribution in [0, 0.1) is 11.3 Å². The molecular weight excluding hydrogens is 323 g/mol. The van der Waals surface area contributed by atoms with Gasteiger partial charge in [0.2, 0.25) is 11.9 Å². The second-order valence-corrected chi connectivity index (χ2v) is 5.39. The third-order valence-corrected chi connectivity index (χ3v) is 3.23. The van der Waals surface area contributed by atoms with Crippen molar-refractivity contribution in [2.45, 2.75) is 0 Å². The van der Waals surface area contributed by atoms with E-state index in [1.54, 1.807) is 43.3 Å². The number of allylic oxidation sites excluding steroid dienone is 1. The lowest BCUT2D eigenvalue weighted by molar-refractivity contribution is 0.952. The second kappa shape index (κ2) is 6.60. The van der Waals surface area contributed by atoms with Gasteiger partial charge in [-0.3, -0.25) is 0 Å². The molecule has 0 spiro atoms. The largest absolute Gasteiger partial charge is 0.368 e. The molecule has 2 aromatic rings. The highest BCUT2D eigenvalue weighted by Crippen LogP contribution is 2.25. The number of hydrogen-bond donors (Lipinski definition) is 1. The van der Waals surface area contributed by atoms with E-state index in [2.05, 4.69) is 15.0 Å².